The summed E-state index contributed by atoms with van der Waals surface area (Å²) in [6.45, 7) is 3.52. The van der Waals surface area contributed by atoms with Crippen LogP contribution in [0.4, 0.5) is 0 Å². The average Bonchev–Trinajstić information content (AvgIpc) is 2.72. The van der Waals surface area contributed by atoms with Crippen molar-refractivity contribution >= 4 is 22.0 Å². The molecule has 2 atom stereocenters. The van der Waals surface area contributed by atoms with Crippen molar-refractivity contribution in [2.75, 3.05) is 6.54 Å². The normalized spacial score (nSPS) is 13.6. The first-order valence-electron chi connectivity index (χ1n) is 9.97. The van der Waals surface area contributed by atoms with E-state index in [1.165, 1.54) is 12.1 Å². The zero-order valence-electron chi connectivity index (χ0n) is 17.5. The van der Waals surface area contributed by atoms with Crippen LogP contribution in [0.5, 0.6) is 0 Å². The highest BCUT2D eigenvalue weighted by Crippen LogP contribution is 2.21. The van der Waals surface area contributed by atoms with Crippen LogP contribution in [0.25, 0.3) is 11.1 Å². The average molecular weight is 449 g/mol. The van der Waals surface area contributed by atoms with Gasteiger partial charge in [0, 0.05) is 6.54 Å². The van der Waals surface area contributed by atoms with Crippen molar-refractivity contribution < 1.29 is 28.2 Å². The Balaban J connectivity index is 1.99. The van der Waals surface area contributed by atoms with Gasteiger partial charge in [0.25, 0.3) is 0 Å². The largest absolute Gasteiger partial charge is 0.480 e. The van der Waals surface area contributed by atoms with E-state index in [-0.39, 0.29) is 30.2 Å². The first kappa shape index (κ1) is 24.5. The summed E-state index contributed by atoms with van der Waals surface area (Å²) in [4.78, 5) is 22.9. The van der Waals surface area contributed by atoms with Crippen LogP contribution in [-0.2, 0) is 19.6 Å². The minimum absolute atomic E-state index is 0.0559. The van der Waals surface area contributed by atoms with Crippen molar-refractivity contribution in [2.24, 2.45) is 5.92 Å². The van der Waals surface area contributed by atoms with E-state index in [9.17, 15) is 28.2 Å². The summed E-state index contributed by atoms with van der Waals surface area (Å²) in [7, 11) is -3.83. The van der Waals surface area contributed by atoms with Crippen molar-refractivity contribution in [1.29, 1.82) is 0 Å². The number of nitrogens with one attached hydrogen (secondary N) is 2. The number of rotatable bonds is 12. The number of hydrogen-bond donors (Lipinski definition) is 4. The van der Waals surface area contributed by atoms with Gasteiger partial charge in [0.05, 0.1) is 4.90 Å². The molecule has 0 radical (unpaired) electrons. The molecule has 0 bridgehead atoms. The van der Waals surface area contributed by atoms with Crippen LogP contribution >= 0.6 is 0 Å². The van der Waals surface area contributed by atoms with Gasteiger partial charge in [0.2, 0.25) is 10.0 Å². The molecule has 0 amide bonds. The van der Waals surface area contributed by atoms with E-state index in [1.54, 1.807) is 12.1 Å². The molecule has 0 saturated heterocycles. The first-order valence-corrected chi connectivity index (χ1v) is 11.4. The molecule has 0 fully saturated rings. The number of carboxylic acids is 2. The molecule has 0 spiro atoms. The lowest BCUT2D eigenvalue weighted by Gasteiger charge is -2.21. The standard InChI is InChI=1S/C22H28N2O6S/c1-15(2)14-20(22(27)28)24-19(21(25)26)12-13-23-31(29,30)18-10-8-17(9-11-18)16-6-4-3-5-7-16/h3-11,15,19-20,23-24H,12-14H2,1-2H3,(H,25,26)(H,27,28)/t19-,20?/m0/s1. The lowest BCUT2D eigenvalue weighted by Crippen LogP contribution is -2.48. The Morgan fingerprint density at radius 2 is 1.42 bits per heavy atom. The Kier molecular flexibility index (Phi) is 8.73. The van der Waals surface area contributed by atoms with Crippen LogP contribution in [-0.4, -0.2) is 49.2 Å². The van der Waals surface area contributed by atoms with Gasteiger partial charge in [-0.15, -0.1) is 0 Å². The van der Waals surface area contributed by atoms with Gasteiger partial charge < -0.3 is 10.2 Å². The number of carbonyl (C=O) groups is 2. The highest BCUT2D eigenvalue weighted by molar-refractivity contribution is 7.89. The molecule has 8 nitrogen and oxygen atoms in total. The molecular formula is C22H28N2O6S. The number of aliphatic carboxylic acids is 2. The van der Waals surface area contributed by atoms with Gasteiger partial charge in [-0.1, -0.05) is 56.3 Å². The lowest BCUT2D eigenvalue weighted by atomic mass is 10.0. The van der Waals surface area contributed by atoms with E-state index < -0.39 is 34.0 Å². The molecule has 2 aromatic rings. The molecule has 2 aromatic carbocycles. The third-order valence-corrected chi connectivity index (χ3v) is 6.18. The van der Waals surface area contributed by atoms with E-state index in [2.05, 4.69) is 10.0 Å². The summed E-state index contributed by atoms with van der Waals surface area (Å²) >= 11 is 0. The molecule has 168 valence electrons. The minimum atomic E-state index is -3.83. The summed E-state index contributed by atoms with van der Waals surface area (Å²) in [6, 6.07) is 13.7. The second-order valence-corrected chi connectivity index (χ2v) is 9.42. The van der Waals surface area contributed by atoms with Crippen molar-refractivity contribution in [1.82, 2.24) is 10.0 Å². The third kappa shape index (κ3) is 7.46. The minimum Gasteiger partial charge on any atom is -0.480 e. The zero-order chi connectivity index (χ0) is 23.0. The zero-order valence-corrected chi connectivity index (χ0v) is 18.3. The maximum Gasteiger partial charge on any atom is 0.320 e. The molecule has 0 saturated carbocycles. The Morgan fingerprint density at radius 1 is 0.871 bits per heavy atom. The molecule has 0 aliphatic carbocycles. The van der Waals surface area contributed by atoms with Crippen LogP contribution in [0.1, 0.15) is 26.7 Å². The van der Waals surface area contributed by atoms with Crippen molar-refractivity contribution in [3.63, 3.8) is 0 Å². The predicted molar refractivity (Wildman–Crippen MR) is 117 cm³/mol. The van der Waals surface area contributed by atoms with Gasteiger partial charge in [-0.05, 0) is 42.0 Å². The number of sulfonamides is 1. The summed E-state index contributed by atoms with van der Waals surface area (Å²) in [5.41, 5.74) is 1.84. The summed E-state index contributed by atoms with van der Waals surface area (Å²) in [5, 5.41) is 21.3. The fourth-order valence-corrected chi connectivity index (χ4v) is 4.16. The topological polar surface area (TPSA) is 133 Å². The monoisotopic (exact) mass is 448 g/mol. The Labute approximate surface area is 182 Å². The summed E-state index contributed by atoms with van der Waals surface area (Å²) in [5.74, 6) is -2.32. The van der Waals surface area contributed by atoms with Crippen molar-refractivity contribution in [3.05, 3.63) is 54.6 Å². The van der Waals surface area contributed by atoms with E-state index in [0.717, 1.165) is 11.1 Å². The van der Waals surface area contributed by atoms with Crippen molar-refractivity contribution in [3.8, 4) is 11.1 Å². The van der Waals surface area contributed by atoms with E-state index in [4.69, 9.17) is 0 Å². The molecule has 2 rings (SSSR count). The van der Waals surface area contributed by atoms with Crippen LogP contribution in [0.3, 0.4) is 0 Å². The predicted octanol–water partition coefficient (Wildman–Crippen LogP) is 2.56. The van der Waals surface area contributed by atoms with E-state index >= 15 is 0 Å². The molecule has 0 heterocycles. The third-order valence-electron chi connectivity index (χ3n) is 4.70. The van der Waals surface area contributed by atoms with Crippen LogP contribution in [0, 0.1) is 5.92 Å². The van der Waals surface area contributed by atoms with E-state index in [0.29, 0.717) is 0 Å². The van der Waals surface area contributed by atoms with Gasteiger partial charge in [0.15, 0.2) is 0 Å². The molecule has 0 aliphatic rings. The summed E-state index contributed by atoms with van der Waals surface area (Å²) < 4.78 is 27.5. The van der Waals surface area contributed by atoms with Crippen molar-refractivity contribution in [2.45, 2.75) is 43.7 Å². The van der Waals surface area contributed by atoms with Gasteiger partial charge in [-0.3, -0.25) is 14.9 Å². The molecule has 9 heteroatoms. The highest BCUT2D eigenvalue weighted by atomic mass is 32.2. The lowest BCUT2D eigenvalue weighted by molar-refractivity contribution is -0.143. The second kappa shape index (κ2) is 11.0. The fraction of sp³-hybridized carbons (Fsp3) is 0.364. The highest BCUT2D eigenvalue weighted by Gasteiger charge is 2.27. The number of carboxylic acid groups (broad SMARTS) is 2. The van der Waals surface area contributed by atoms with Gasteiger partial charge in [0.1, 0.15) is 12.1 Å². The number of hydrogen-bond acceptors (Lipinski definition) is 5. The SMILES string of the molecule is CC(C)CC(N[C@@H](CCNS(=O)(=O)c1ccc(-c2ccccc2)cc1)C(=O)O)C(=O)O. The first-order chi connectivity index (χ1) is 14.6. The second-order valence-electron chi connectivity index (χ2n) is 7.65. The van der Waals surface area contributed by atoms with Crippen LogP contribution in [0.2, 0.25) is 0 Å². The maximum absolute atomic E-state index is 12.5. The van der Waals surface area contributed by atoms with E-state index in [1.807, 2.05) is 44.2 Å². The Hall–Kier alpha value is -2.75. The summed E-state index contributed by atoms with van der Waals surface area (Å²) in [6.07, 6.45) is 0.164. The quantitative estimate of drug-likeness (QED) is 0.392. The molecule has 31 heavy (non-hydrogen) atoms. The van der Waals surface area contributed by atoms with Crippen LogP contribution in [0.15, 0.2) is 59.5 Å². The molecule has 1 unspecified atom stereocenters. The molecule has 0 aromatic heterocycles. The Morgan fingerprint density at radius 3 is 1.94 bits per heavy atom. The molecule has 4 N–H and O–H groups in total. The fourth-order valence-electron chi connectivity index (χ4n) is 3.11. The molecule has 0 aliphatic heterocycles. The van der Waals surface area contributed by atoms with Gasteiger partial charge >= 0.3 is 11.9 Å². The van der Waals surface area contributed by atoms with Gasteiger partial charge in [-0.25, -0.2) is 13.1 Å². The smallest absolute Gasteiger partial charge is 0.320 e. The van der Waals surface area contributed by atoms with Crippen LogP contribution < -0.4 is 10.0 Å². The van der Waals surface area contributed by atoms with Gasteiger partial charge in [-0.2, -0.15) is 0 Å². The Bertz CT molecular complexity index is 975. The maximum atomic E-state index is 12.5. The number of benzene rings is 2. The molecular weight excluding hydrogens is 420 g/mol.